The topological polar surface area (TPSA) is 52.5 Å². The molecule has 20 heavy (non-hydrogen) atoms. The van der Waals surface area contributed by atoms with Crippen molar-refractivity contribution in [2.45, 2.75) is 9.79 Å². The van der Waals surface area contributed by atoms with Gasteiger partial charge in [0, 0.05) is 10.0 Å². The average molecular weight is 332 g/mol. The molecule has 3 nitrogen and oxygen atoms in total. The summed E-state index contributed by atoms with van der Waals surface area (Å²) < 4.78 is 0. The third kappa shape index (κ3) is 5.13. The van der Waals surface area contributed by atoms with Crippen molar-refractivity contribution in [1.82, 2.24) is 5.32 Å². The second-order valence-corrected chi connectivity index (χ2v) is 5.78. The van der Waals surface area contributed by atoms with E-state index in [0.29, 0.717) is 19.8 Å². The molecule has 0 fully saturated rings. The van der Waals surface area contributed by atoms with Crippen LogP contribution in [-0.4, -0.2) is 24.3 Å². The van der Waals surface area contributed by atoms with E-state index in [4.69, 9.17) is 23.2 Å². The molecule has 2 aromatic carbocycles. The first-order valence-electron chi connectivity index (χ1n) is 5.71. The lowest BCUT2D eigenvalue weighted by atomic mass is 10.3. The lowest BCUT2D eigenvalue weighted by Gasteiger charge is -2.07. The molecule has 0 amide bonds. The van der Waals surface area contributed by atoms with Crippen LogP contribution in [0.25, 0.3) is 0 Å². The molecule has 0 aliphatic heterocycles. The van der Waals surface area contributed by atoms with Crippen LogP contribution in [0.5, 0.6) is 11.5 Å². The van der Waals surface area contributed by atoms with E-state index in [9.17, 15) is 10.2 Å². The molecular formula is C14H15Cl2NO2S. The maximum Gasteiger partial charge on any atom is 0.129 e. The Balaban J connectivity index is 0.000000612. The van der Waals surface area contributed by atoms with Crippen LogP contribution in [0.3, 0.4) is 0 Å². The average Bonchev–Trinajstić information content (AvgIpc) is 2.39. The van der Waals surface area contributed by atoms with Crippen LogP contribution >= 0.6 is 35.0 Å². The van der Waals surface area contributed by atoms with Crippen LogP contribution in [-0.2, 0) is 0 Å². The first-order valence-corrected chi connectivity index (χ1v) is 7.28. The van der Waals surface area contributed by atoms with Crippen LogP contribution in [0.4, 0.5) is 0 Å². The number of aromatic hydroxyl groups is 2. The SMILES string of the molecule is CNC.Oc1ccc(Cl)cc1Sc1cc(Cl)ccc1O. The van der Waals surface area contributed by atoms with Gasteiger partial charge in [-0.05, 0) is 50.5 Å². The summed E-state index contributed by atoms with van der Waals surface area (Å²) in [5.41, 5.74) is 0. The van der Waals surface area contributed by atoms with E-state index in [1.165, 1.54) is 23.9 Å². The van der Waals surface area contributed by atoms with Gasteiger partial charge in [0.25, 0.3) is 0 Å². The van der Waals surface area contributed by atoms with Crippen molar-refractivity contribution in [3.05, 3.63) is 46.4 Å². The first kappa shape index (κ1) is 17.0. The Morgan fingerprint density at radius 2 is 1.20 bits per heavy atom. The van der Waals surface area contributed by atoms with E-state index in [0.717, 1.165) is 0 Å². The predicted molar refractivity (Wildman–Crippen MR) is 85.3 cm³/mol. The third-order valence-corrected chi connectivity index (χ3v) is 3.63. The summed E-state index contributed by atoms with van der Waals surface area (Å²) in [5.74, 6) is 0.220. The van der Waals surface area contributed by atoms with E-state index < -0.39 is 0 Å². The highest BCUT2D eigenvalue weighted by atomic mass is 35.5. The van der Waals surface area contributed by atoms with Gasteiger partial charge in [0.1, 0.15) is 11.5 Å². The van der Waals surface area contributed by atoms with Crippen LogP contribution in [0, 0.1) is 0 Å². The fourth-order valence-electron chi connectivity index (χ4n) is 1.26. The highest BCUT2D eigenvalue weighted by molar-refractivity contribution is 7.99. The third-order valence-electron chi connectivity index (χ3n) is 2.06. The predicted octanol–water partition coefficient (Wildman–Crippen LogP) is 4.39. The van der Waals surface area contributed by atoms with Gasteiger partial charge in [0.05, 0.1) is 9.79 Å². The number of halogens is 2. The first-order chi connectivity index (χ1) is 9.47. The molecule has 108 valence electrons. The summed E-state index contributed by atoms with van der Waals surface area (Å²) >= 11 is 12.9. The van der Waals surface area contributed by atoms with Crippen LogP contribution < -0.4 is 5.32 Å². The van der Waals surface area contributed by atoms with Gasteiger partial charge in [-0.15, -0.1) is 0 Å². The number of phenols is 2. The standard InChI is InChI=1S/C12H8Cl2O2S.C2H7N/c13-7-1-3-9(15)11(5-7)17-12-6-8(14)2-4-10(12)16;1-3-2/h1-6,15-16H;3H,1-2H3. The fraction of sp³-hybridized carbons (Fsp3) is 0.143. The van der Waals surface area contributed by atoms with Gasteiger partial charge in [0.15, 0.2) is 0 Å². The molecule has 0 unspecified atom stereocenters. The number of benzene rings is 2. The largest absolute Gasteiger partial charge is 0.507 e. The lowest BCUT2D eigenvalue weighted by Crippen LogP contribution is -1.89. The van der Waals surface area contributed by atoms with Crippen molar-refractivity contribution < 1.29 is 10.2 Å². The van der Waals surface area contributed by atoms with Crippen molar-refractivity contribution in [1.29, 1.82) is 0 Å². The molecule has 2 rings (SSSR count). The molecule has 3 N–H and O–H groups in total. The molecule has 0 atom stereocenters. The number of hydrogen-bond donors (Lipinski definition) is 3. The molecule has 0 radical (unpaired) electrons. The molecule has 0 spiro atoms. The zero-order valence-electron chi connectivity index (χ0n) is 11.0. The minimum absolute atomic E-state index is 0.110. The molecule has 0 aliphatic carbocycles. The van der Waals surface area contributed by atoms with Crippen molar-refractivity contribution in [3.63, 3.8) is 0 Å². The van der Waals surface area contributed by atoms with E-state index >= 15 is 0 Å². The minimum Gasteiger partial charge on any atom is -0.507 e. The second kappa shape index (κ2) is 8.27. The zero-order chi connectivity index (χ0) is 15.1. The minimum atomic E-state index is 0.110. The molecule has 0 aliphatic rings. The quantitative estimate of drug-likeness (QED) is 0.763. The maximum atomic E-state index is 9.66. The molecule has 0 heterocycles. The van der Waals surface area contributed by atoms with Gasteiger partial charge in [-0.25, -0.2) is 0 Å². The van der Waals surface area contributed by atoms with Gasteiger partial charge in [0.2, 0.25) is 0 Å². The lowest BCUT2D eigenvalue weighted by molar-refractivity contribution is 0.460. The van der Waals surface area contributed by atoms with Crippen LogP contribution in [0.15, 0.2) is 46.2 Å². The van der Waals surface area contributed by atoms with Crippen LogP contribution in [0.2, 0.25) is 10.0 Å². The van der Waals surface area contributed by atoms with Gasteiger partial charge < -0.3 is 15.5 Å². The summed E-state index contributed by atoms with van der Waals surface area (Å²) in [5, 5.41) is 23.1. The number of nitrogens with one attached hydrogen (secondary N) is 1. The molecule has 0 saturated carbocycles. The fourth-order valence-corrected chi connectivity index (χ4v) is 2.69. The number of hydrogen-bond acceptors (Lipinski definition) is 4. The molecule has 0 aromatic heterocycles. The number of rotatable bonds is 2. The van der Waals surface area contributed by atoms with Gasteiger partial charge in [-0.2, -0.15) is 0 Å². The summed E-state index contributed by atoms with van der Waals surface area (Å²) in [6.07, 6.45) is 0. The highest BCUT2D eigenvalue weighted by Crippen LogP contribution is 2.40. The Kier molecular flexibility index (Phi) is 7.02. The highest BCUT2D eigenvalue weighted by Gasteiger charge is 2.08. The molecule has 6 heteroatoms. The Morgan fingerprint density at radius 3 is 1.55 bits per heavy atom. The van der Waals surface area contributed by atoms with E-state index in [-0.39, 0.29) is 11.5 Å². The van der Waals surface area contributed by atoms with Crippen molar-refractivity contribution in [2.75, 3.05) is 14.1 Å². The summed E-state index contributed by atoms with van der Waals surface area (Å²) in [4.78, 5) is 1.13. The second-order valence-electron chi connectivity index (χ2n) is 3.83. The van der Waals surface area contributed by atoms with E-state index in [2.05, 4.69) is 5.32 Å². The molecule has 2 aromatic rings. The zero-order valence-corrected chi connectivity index (χ0v) is 13.4. The summed E-state index contributed by atoms with van der Waals surface area (Å²) in [7, 11) is 3.75. The molecular weight excluding hydrogens is 317 g/mol. The number of phenolic OH excluding ortho intramolecular Hbond substituents is 2. The van der Waals surface area contributed by atoms with Crippen molar-refractivity contribution >= 4 is 35.0 Å². The van der Waals surface area contributed by atoms with Gasteiger partial charge in [-0.3, -0.25) is 0 Å². The Labute approximate surface area is 132 Å². The smallest absolute Gasteiger partial charge is 0.129 e. The van der Waals surface area contributed by atoms with Crippen molar-refractivity contribution in [3.8, 4) is 11.5 Å². The monoisotopic (exact) mass is 331 g/mol. The molecule has 0 bridgehead atoms. The van der Waals surface area contributed by atoms with Crippen LogP contribution in [0.1, 0.15) is 0 Å². The van der Waals surface area contributed by atoms with E-state index in [1.54, 1.807) is 24.3 Å². The van der Waals surface area contributed by atoms with Crippen molar-refractivity contribution in [2.24, 2.45) is 0 Å². The maximum absolute atomic E-state index is 9.66. The van der Waals surface area contributed by atoms with E-state index in [1.807, 2.05) is 14.1 Å². The summed E-state index contributed by atoms with van der Waals surface area (Å²) in [6.45, 7) is 0. The van der Waals surface area contributed by atoms with Gasteiger partial charge >= 0.3 is 0 Å². The molecule has 0 saturated heterocycles. The summed E-state index contributed by atoms with van der Waals surface area (Å²) in [6, 6.07) is 9.46. The Bertz CT molecular complexity index is 530. The normalized spacial score (nSPS) is 9.80. The van der Waals surface area contributed by atoms with Gasteiger partial charge in [-0.1, -0.05) is 35.0 Å². The Morgan fingerprint density at radius 1 is 0.850 bits per heavy atom. The Hall–Kier alpha value is -1.07.